The van der Waals surface area contributed by atoms with Gasteiger partial charge < -0.3 is 20.1 Å². The highest BCUT2D eigenvalue weighted by molar-refractivity contribution is 5.84. The van der Waals surface area contributed by atoms with Gasteiger partial charge in [0.25, 0.3) is 0 Å². The van der Waals surface area contributed by atoms with Gasteiger partial charge in [-0.05, 0) is 60.6 Å². The number of aliphatic carboxylic acids is 1. The van der Waals surface area contributed by atoms with E-state index < -0.39 is 36.9 Å². The molecule has 0 saturated heterocycles. The van der Waals surface area contributed by atoms with Gasteiger partial charge in [-0.1, -0.05) is 12.1 Å². The Morgan fingerprint density at radius 3 is 2.74 bits per heavy atom. The van der Waals surface area contributed by atoms with Gasteiger partial charge in [-0.2, -0.15) is 13.2 Å². The molecule has 2 aliphatic rings. The second-order valence-corrected chi connectivity index (χ2v) is 9.03. The van der Waals surface area contributed by atoms with E-state index in [1.165, 1.54) is 5.56 Å². The Bertz CT molecular complexity index is 1090. The van der Waals surface area contributed by atoms with Gasteiger partial charge >= 0.3 is 12.1 Å². The topological polar surface area (TPSA) is 91.8 Å². The molecule has 1 amide bonds. The van der Waals surface area contributed by atoms with Crippen molar-refractivity contribution in [3.63, 3.8) is 0 Å². The van der Waals surface area contributed by atoms with Crippen LogP contribution in [0.4, 0.5) is 19.0 Å². The zero-order chi connectivity index (χ0) is 25.0. The predicted molar refractivity (Wildman–Crippen MR) is 122 cm³/mol. The summed E-state index contributed by atoms with van der Waals surface area (Å²) in [4.78, 5) is 29.2. The van der Waals surface area contributed by atoms with E-state index in [9.17, 15) is 22.8 Å². The van der Waals surface area contributed by atoms with Crippen LogP contribution in [0.2, 0.25) is 0 Å². The number of nitrogens with zero attached hydrogens (tertiary/aromatic N) is 2. The van der Waals surface area contributed by atoms with Crippen molar-refractivity contribution in [2.24, 2.45) is 5.92 Å². The van der Waals surface area contributed by atoms with Crippen LogP contribution in [0.15, 0.2) is 30.3 Å². The number of rotatable bonds is 7. The second kappa shape index (κ2) is 10.5. The summed E-state index contributed by atoms with van der Waals surface area (Å²) >= 11 is 0. The molecule has 3 heterocycles. The summed E-state index contributed by atoms with van der Waals surface area (Å²) in [5.74, 6) is -1.68. The third kappa shape index (κ3) is 6.64. The van der Waals surface area contributed by atoms with E-state index in [-0.39, 0.29) is 13.0 Å². The van der Waals surface area contributed by atoms with Gasteiger partial charge in [0.2, 0.25) is 5.91 Å². The monoisotopic (exact) mass is 491 g/mol. The van der Waals surface area contributed by atoms with Crippen molar-refractivity contribution in [2.75, 3.05) is 25.0 Å². The molecule has 2 aromatic rings. The fourth-order valence-electron chi connectivity index (χ4n) is 4.60. The highest BCUT2D eigenvalue weighted by Gasteiger charge is 2.38. The first-order chi connectivity index (χ1) is 16.7. The largest absolute Gasteiger partial charge is 0.493 e. The number of anilines is 1. The Balaban J connectivity index is 1.45. The van der Waals surface area contributed by atoms with Crippen LogP contribution in [0.5, 0.6) is 5.75 Å². The lowest BCUT2D eigenvalue weighted by atomic mass is 9.94. The van der Waals surface area contributed by atoms with Crippen LogP contribution in [-0.4, -0.2) is 52.7 Å². The molecule has 0 bridgehead atoms. The molecule has 0 saturated carbocycles. The lowest BCUT2D eigenvalue weighted by Gasteiger charge is -2.25. The zero-order valence-electron chi connectivity index (χ0n) is 19.2. The number of pyridine rings is 1. The zero-order valence-corrected chi connectivity index (χ0v) is 19.2. The average molecular weight is 492 g/mol. The Labute approximate surface area is 201 Å². The van der Waals surface area contributed by atoms with Crippen LogP contribution >= 0.6 is 0 Å². The summed E-state index contributed by atoms with van der Waals surface area (Å²) in [6, 6.07) is 9.11. The van der Waals surface area contributed by atoms with E-state index in [0.29, 0.717) is 34.8 Å². The van der Waals surface area contributed by atoms with Gasteiger partial charge in [0.15, 0.2) is 0 Å². The summed E-state index contributed by atoms with van der Waals surface area (Å²) in [5, 5.41) is 12.5. The van der Waals surface area contributed by atoms with Crippen LogP contribution in [0, 0.1) is 5.92 Å². The molecule has 0 fully saturated rings. The van der Waals surface area contributed by atoms with E-state index in [0.717, 1.165) is 37.3 Å². The number of carbonyl (C=O) groups is 2. The molecule has 35 heavy (non-hydrogen) atoms. The van der Waals surface area contributed by atoms with Crippen molar-refractivity contribution in [1.29, 1.82) is 0 Å². The third-order valence-electron chi connectivity index (χ3n) is 6.29. The molecule has 1 atom stereocenters. The number of alkyl halides is 3. The summed E-state index contributed by atoms with van der Waals surface area (Å²) in [6.45, 7) is -0.447. The molecule has 0 spiro atoms. The van der Waals surface area contributed by atoms with Gasteiger partial charge in [0.1, 0.15) is 18.1 Å². The van der Waals surface area contributed by atoms with Crippen LogP contribution < -0.4 is 10.1 Å². The third-order valence-corrected chi connectivity index (χ3v) is 6.29. The summed E-state index contributed by atoms with van der Waals surface area (Å²) < 4.78 is 45.2. The van der Waals surface area contributed by atoms with E-state index in [1.54, 1.807) is 18.2 Å². The fraction of sp³-hybridized carbons (Fsp3) is 0.480. The molecule has 10 heteroatoms. The summed E-state index contributed by atoms with van der Waals surface area (Å²) in [6.07, 6.45) is -1.23. The molecule has 2 N–H and O–H groups in total. The SMILES string of the molecule is O=C(O)C[C@@H]1Cc2ccc(OCCc3ccc4c(n3)NCCCC4)cc2CN(CC(F)(F)F)C1=O. The number of hydrogen-bond acceptors (Lipinski definition) is 5. The summed E-state index contributed by atoms with van der Waals surface area (Å²) in [7, 11) is 0. The highest BCUT2D eigenvalue weighted by atomic mass is 19.4. The Morgan fingerprint density at radius 2 is 1.97 bits per heavy atom. The predicted octanol–water partition coefficient (Wildman–Crippen LogP) is 3.99. The van der Waals surface area contributed by atoms with Crippen molar-refractivity contribution in [3.05, 3.63) is 52.7 Å². The molecule has 0 aliphatic carbocycles. The fourth-order valence-corrected chi connectivity index (χ4v) is 4.60. The Hall–Kier alpha value is -3.30. The number of amides is 1. The molecule has 0 radical (unpaired) electrons. The number of aromatic nitrogens is 1. The molecule has 1 aromatic heterocycles. The number of carboxylic acid groups (broad SMARTS) is 1. The quantitative estimate of drug-likeness (QED) is 0.609. The normalized spacial score (nSPS) is 18.1. The average Bonchev–Trinajstić information content (AvgIpc) is 3.08. The molecule has 7 nitrogen and oxygen atoms in total. The molecule has 2 aliphatic heterocycles. The van der Waals surface area contributed by atoms with Gasteiger partial charge in [-0.3, -0.25) is 9.59 Å². The van der Waals surface area contributed by atoms with Gasteiger partial charge in [0, 0.05) is 25.2 Å². The maximum atomic E-state index is 13.1. The number of carboxylic acids is 1. The van der Waals surface area contributed by atoms with Gasteiger partial charge in [-0.15, -0.1) is 0 Å². The van der Waals surface area contributed by atoms with E-state index in [2.05, 4.69) is 16.4 Å². The van der Waals surface area contributed by atoms with E-state index >= 15 is 0 Å². The van der Waals surface area contributed by atoms with Crippen molar-refractivity contribution in [2.45, 2.75) is 51.2 Å². The minimum atomic E-state index is -4.59. The number of halogens is 3. The second-order valence-electron chi connectivity index (χ2n) is 9.03. The maximum absolute atomic E-state index is 13.1. The van der Waals surface area contributed by atoms with E-state index in [1.807, 2.05) is 6.07 Å². The standard InChI is InChI=1S/C25H28F3N3O4/c26-25(27,28)15-31-14-19-12-21(7-5-17(19)11-18(24(31)34)13-22(32)33)35-10-8-20-6-4-16-3-1-2-9-29-23(16)30-20/h4-7,12,18H,1-3,8-11,13-15H2,(H,29,30)(H,32,33)/t18-/m0/s1. The Morgan fingerprint density at radius 1 is 1.17 bits per heavy atom. The van der Waals surface area contributed by atoms with Gasteiger partial charge in [-0.25, -0.2) is 4.98 Å². The smallest absolute Gasteiger partial charge is 0.406 e. The lowest BCUT2D eigenvalue weighted by molar-refractivity contribution is -0.165. The number of aryl methyl sites for hydroxylation is 1. The first kappa shape index (κ1) is 24.8. The highest BCUT2D eigenvalue weighted by Crippen LogP contribution is 2.30. The Kier molecular flexibility index (Phi) is 7.47. The van der Waals surface area contributed by atoms with Crippen LogP contribution in [0.3, 0.4) is 0 Å². The van der Waals surface area contributed by atoms with Crippen molar-refractivity contribution < 1.29 is 32.6 Å². The maximum Gasteiger partial charge on any atom is 0.406 e. The molecular weight excluding hydrogens is 463 g/mol. The molecule has 188 valence electrons. The van der Waals surface area contributed by atoms with Crippen LogP contribution in [0.1, 0.15) is 41.6 Å². The van der Waals surface area contributed by atoms with Crippen LogP contribution in [0.25, 0.3) is 0 Å². The molecular formula is C25H28F3N3O4. The number of nitrogens with one attached hydrogen (secondary N) is 1. The molecule has 1 aromatic carbocycles. The molecule has 0 unspecified atom stereocenters. The lowest BCUT2D eigenvalue weighted by Crippen LogP contribution is -2.41. The summed E-state index contributed by atoms with van der Waals surface area (Å²) in [5.41, 5.74) is 3.27. The van der Waals surface area contributed by atoms with Crippen molar-refractivity contribution >= 4 is 17.7 Å². The van der Waals surface area contributed by atoms with Crippen molar-refractivity contribution in [1.82, 2.24) is 9.88 Å². The van der Waals surface area contributed by atoms with Gasteiger partial charge in [0.05, 0.1) is 18.9 Å². The number of hydrogen-bond donors (Lipinski definition) is 2. The minimum absolute atomic E-state index is 0.0706. The van der Waals surface area contributed by atoms with Crippen molar-refractivity contribution in [3.8, 4) is 5.75 Å². The number of benzene rings is 1. The first-order valence-electron chi connectivity index (χ1n) is 11.7. The number of fused-ring (bicyclic) bond motifs is 2. The number of ether oxygens (including phenoxy) is 1. The first-order valence-corrected chi connectivity index (χ1v) is 11.7. The van der Waals surface area contributed by atoms with E-state index in [4.69, 9.17) is 9.84 Å². The molecule has 4 rings (SSSR count). The minimum Gasteiger partial charge on any atom is -0.493 e. The van der Waals surface area contributed by atoms with Crippen LogP contribution in [-0.2, 0) is 35.4 Å². The number of carbonyl (C=O) groups excluding carboxylic acids is 1.